The summed E-state index contributed by atoms with van der Waals surface area (Å²) in [6, 6.07) is 4.04. The lowest BCUT2D eigenvalue weighted by Gasteiger charge is -2.22. The average molecular weight is 257 g/mol. The summed E-state index contributed by atoms with van der Waals surface area (Å²) >= 11 is 0. The van der Waals surface area contributed by atoms with Crippen LogP contribution in [0, 0.1) is 0 Å². The van der Waals surface area contributed by atoms with E-state index in [0.717, 1.165) is 31.1 Å². The first-order valence-corrected chi connectivity index (χ1v) is 6.43. The molecule has 0 unspecified atom stereocenters. The number of rotatable bonds is 6. The lowest BCUT2D eigenvalue weighted by molar-refractivity contribution is 0.760. The molecule has 0 amide bonds. The van der Waals surface area contributed by atoms with Crippen LogP contribution in [0.5, 0.6) is 0 Å². The molecule has 0 saturated heterocycles. The highest BCUT2D eigenvalue weighted by molar-refractivity contribution is 5.37. The Labute approximate surface area is 113 Å². The van der Waals surface area contributed by atoms with Crippen molar-refractivity contribution in [3.05, 3.63) is 48.2 Å². The Kier molecular flexibility index (Phi) is 4.80. The third kappa shape index (κ3) is 3.72. The second-order valence-corrected chi connectivity index (χ2v) is 4.27. The molecule has 2 aromatic heterocycles. The third-order valence-corrected chi connectivity index (χ3v) is 2.86. The van der Waals surface area contributed by atoms with Crippen molar-refractivity contribution in [2.75, 3.05) is 18.5 Å². The van der Waals surface area contributed by atoms with E-state index in [1.807, 2.05) is 37.8 Å². The summed E-state index contributed by atoms with van der Waals surface area (Å²) in [6.07, 6.45) is 7.22. The van der Waals surface area contributed by atoms with Gasteiger partial charge in [0.05, 0.1) is 11.9 Å². The van der Waals surface area contributed by atoms with Crippen molar-refractivity contribution in [3.63, 3.8) is 0 Å². The summed E-state index contributed by atoms with van der Waals surface area (Å²) < 4.78 is 0. The van der Waals surface area contributed by atoms with Crippen LogP contribution in [0.3, 0.4) is 0 Å². The van der Waals surface area contributed by atoms with Crippen LogP contribution in [0.2, 0.25) is 0 Å². The molecular weight excluding hydrogens is 238 g/mol. The summed E-state index contributed by atoms with van der Waals surface area (Å²) in [4.78, 5) is 15.1. The maximum atomic E-state index is 4.62. The van der Waals surface area contributed by atoms with E-state index >= 15 is 0 Å². The maximum absolute atomic E-state index is 4.62. The van der Waals surface area contributed by atoms with Gasteiger partial charge in [-0.3, -0.25) is 9.97 Å². The molecule has 100 valence electrons. The molecule has 0 fully saturated rings. The second kappa shape index (κ2) is 6.80. The highest BCUT2D eigenvalue weighted by Crippen LogP contribution is 2.13. The van der Waals surface area contributed by atoms with Crippen LogP contribution < -0.4 is 10.2 Å². The van der Waals surface area contributed by atoms with Crippen LogP contribution in [0.15, 0.2) is 36.9 Å². The van der Waals surface area contributed by atoms with E-state index in [0.29, 0.717) is 0 Å². The Balaban J connectivity index is 2.15. The average Bonchev–Trinajstić information content (AvgIpc) is 2.46. The van der Waals surface area contributed by atoms with Crippen molar-refractivity contribution >= 4 is 5.82 Å². The Hall–Kier alpha value is -2.01. The van der Waals surface area contributed by atoms with Crippen molar-refractivity contribution < 1.29 is 0 Å². The zero-order valence-corrected chi connectivity index (χ0v) is 11.4. The predicted molar refractivity (Wildman–Crippen MR) is 75.8 cm³/mol. The van der Waals surface area contributed by atoms with Crippen molar-refractivity contribution in [2.45, 2.75) is 20.0 Å². The van der Waals surface area contributed by atoms with Gasteiger partial charge in [-0.2, -0.15) is 0 Å². The molecule has 5 heteroatoms. The normalized spacial score (nSPS) is 10.4. The Morgan fingerprint density at radius 1 is 1.16 bits per heavy atom. The highest BCUT2D eigenvalue weighted by Gasteiger charge is 2.08. The maximum Gasteiger partial charge on any atom is 0.147 e. The Morgan fingerprint density at radius 3 is 2.63 bits per heavy atom. The number of hydrogen-bond acceptors (Lipinski definition) is 5. The number of aromatic nitrogens is 3. The summed E-state index contributed by atoms with van der Waals surface area (Å²) in [7, 11) is 1.91. The van der Waals surface area contributed by atoms with Gasteiger partial charge in [0, 0.05) is 38.2 Å². The summed E-state index contributed by atoms with van der Waals surface area (Å²) in [5.74, 6) is 0.909. The molecule has 0 atom stereocenters. The van der Waals surface area contributed by atoms with E-state index < -0.39 is 0 Å². The van der Waals surface area contributed by atoms with Gasteiger partial charge in [-0.1, -0.05) is 0 Å². The number of hydrogen-bond donors (Lipinski definition) is 1. The van der Waals surface area contributed by atoms with E-state index in [1.165, 1.54) is 5.56 Å². The molecule has 0 aliphatic carbocycles. The molecule has 0 saturated carbocycles. The molecule has 0 bridgehead atoms. The van der Waals surface area contributed by atoms with Gasteiger partial charge in [0.15, 0.2) is 0 Å². The molecule has 2 rings (SSSR count). The van der Waals surface area contributed by atoms with Crippen molar-refractivity contribution in [1.82, 2.24) is 20.3 Å². The number of nitrogens with zero attached hydrogens (tertiary/aromatic N) is 4. The van der Waals surface area contributed by atoms with E-state index in [9.17, 15) is 0 Å². The molecule has 2 aromatic rings. The topological polar surface area (TPSA) is 53.9 Å². The fourth-order valence-electron chi connectivity index (χ4n) is 1.88. The van der Waals surface area contributed by atoms with Crippen LogP contribution >= 0.6 is 0 Å². The van der Waals surface area contributed by atoms with Crippen molar-refractivity contribution in [2.24, 2.45) is 0 Å². The molecule has 2 heterocycles. The summed E-state index contributed by atoms with van der Waals surface area (Å²) in [5.41, 5.74) is 2.17. The monoisotopic (exact) mass is 257 g/mol. The molecule has 0 aliphatic rings. The minimum absolute atomic E-state index is 0.730. The van der Waals surface area contributed by atoms with Gasteiger partial charge in [0.2, 0.25) is 0 Å². The molecule has 0 spiro atoms. The smallest absolute Gasteiger partial charge is 0.147 e. The molecule has 0 radical (unpaired) electrons. The third-order valence-electron chi connectivity index (χ3n) is 2.86. The SMILES string of the molecule is CCN(Cc1ccncc1)c1cncc(CNC)n1. The van der Waals surface area contributed by atoms with Crippen LogP contribution in [-0.4, -0.2) is 28.5 Å². The Bertz CT molecular complexity index is 500. The van der Waals surface area contributed by atoms with Crippen molar-refractivity contribution in [1.29, 1.82) is 0 Å². The summed E-state index contributed by atoms with van der Waals surface area (Å²) in [5, 5.41) is 3.09. The van der Waals surface area contributed by atoms with Crippen LogP contribution in [-0.2, 0) is 13.1 Å². The lowest BCUT2D eigenvalue weighted by Crippen LogP contribution is -2.24. The number of pyridine rings is 1. The van der Waals surface area contributed by atoms with Crippen LogP contribution in [0.25, 0.3) is 0 Å². The quantitative estimate of drug-likeness (QED) is 0.852. The molecule has 1 N–H and O–H groups in total. The van der Waals surface area contributed by atoms with Gasteiger partial charge in [-0.15, -0.1) is 0 Å². The highest BCUT2D eigenvalue weighted by atomic mass is 15.2. The largest absolute Gasteiger partial charge is 0.351 e. The van der Waals surface area contributed by atoms with Gasteiger partial charge in [-0.05, 0) is 31.7 Å². The van der Waals surface area contributed by atoms with Gasteiger partial charge >= 0.3 is 0 Å². The zero-order chi connectivity index (χ0) is 13.5. The van der Waals surface area contributed by atoms with Gasteiger partial charge in [0.25, 0.3) is 0 Å². The van der Waals surface area contributed by atoms with Gasteiger partial charge < -0.3 is 10.2 Å². The fourth-order valence-corrected chi connectivity index (χ4v) is 1.88. The van der Waals surface area contributed by atoms with Gasteiger partial charge in [-0.25, -0.2) is 4.98 Å². The number of nitrogens with one attached hydrogen (secondary N) is 1. The Morgan fingerprint density at radius 2 is 1.95 bits per heavy atom. The van der Waals surface area contributed by atoms with Crippen LogP contribution in [0.4, 0.5) is 5.82 Å². The molecule has 0 aliphatic heterocycles. The first kappa shape index (κ1) is 13.4. The number of anilines is 1. The zero-order valence-electron chi connectivity index (χ0n) is 11.4. The fraction of sp³-hybridized carbons (Fsp3) is 0.357. The van der Waals surface area contributed by atoms with E-state index in [-0.39, 0.29) is 0 Å². The predicted octanol–water partition coefficient (Wildman–Crippen LogP) is 1.62. The van der Waals surface area contributed by atoms with Crippen LogP contribution in [0.1, 0.15) is 18.2 Å². The molecular formula is C14H19N5. The standard InChI is InChI=1S/C14H19N5/c1-3-19(11-12-4-6-16-7-5-12)14-10-17-9-13(18-14)8-15-2/h4-7,9-10,15H,3,8,11H2,1-2H3. The minimum Gasteiger partial charge on any atom is -0.351 e. The van der Waals surface area contributed by atoms with Gasteiger partial charge in [0.1, 0.15) is 5.82 Å². The van der Waals surface area contributed by atoms with Crippen molar-refractivity contribution in [3.8, 4) is 0 Å². The second-order valence-electron chi connectivity index (χ2n) is 4.27. The van der Waals surface area contributed by atoms with E-state index in [1.54, 1.807) is 6.20 Å². The van der Waals surface area contributed by atoms with E-state index in [2.05, 4.69) is 32.1 Å². The first-order chi connectivity index (χ1) is 9.33. The first-order valence-electron chi connectivity index (χ1n) is 6.43. The minimum atomic E-state index is 0.730. The molecule has 19 heavy (non-hydrogen) atoms. The molecule has 0 aromatic carbocycles. The molecule has 5 nitrogen and oxygen atoms in total. The summed E-state index contributed by atoms with van der Waals surface area (Å²) in [6.45, 7) is 4.55. The van der Waals surface area contributed by atoms with E-state index in [4.69, 9.17) is 0 Å². The lowest BCUT2D eigenvalue weighted by atomic mass is 10.2.